The largest absolute Gasteiger partial charge is 0.492 e. The van der Waals surface area contributed by atoms with E-state index in [2.05, 4.69) is 24.9 Å². The van der Waals surface area contributed by atoms with Gasteiger partial charge >= 0.3 is 0 Å². The standard InChI is InChI=1S/C15H18N2OS/c1-10(2)9-18-14-6-5-12(7-13(14)8-16)15(19)17-11(3)4/h5-7,10H,9H2,1-4H3. The number of rotatable bonds is 4. The summed E-state index contributed by atoms with van der Waals surface area (Å²) in [5, 5.41) is 9.16. The Labute approximate surface area is 119 Å². The Hall–Kier alpha value is -1.73. The molecule has 0 aliphatic carbocycles. The SMILES string of the molecule is CC(C)=NC(=S)c1ccc(OCC(C)C)c(C#N)c1. The molecule has 0 fully saturated rings. The summed E-state index contributed by atoms with van der Waals surface area (Å²) in [4.78, 5) is 4.72. The van der Waals surface area contributed by atoms with Gasteiger partial charge in [-0.05, 0) is 38.0 Å². The minimum atomic E-state index is 0.416. The molecule has 0 aliphatic rings. The van der Waals surface area contributed by atoms with E-state index < -0.39 is 0 Å². The molecule has 0 aromatic heterocycles. The molecule has 0 aliphatic heterocycles. The third kappa shape index (κ3) is 4.80. The van der Waals surface area contributed by atoms with Crippen LogP contribution in [0.3, 0.4) is 0 Å². The van der Waals surface area contributed by atoms with Gasteiger partial charge in [-0.25, -0.2) is 4.99 Å². The Kier molecular flexibility index (Phi) is 5.65. The lowest BCUT2D eigenvalue weighted by molar-refractivity contribution is 0.270. The predicted molar refractivity (Wildman–Crippen MR) is 82.0 cm³/mol. The van der Waals surface area contributed by atoms with Gasteiger partial charge < -0.3 is 4.74 Å². The van der Waals surface area contributed by atoms with Crippen molar-refractivity contribution in [1.29, 1.82) is 5.26 Å². The van der Waals surface area contributed by atoms with E-state index in [0.717, 1.165) is 11.3 Å². The van der Waals surface area contributed by atoms with Gasteiger partial charge in [-0.1, -0.05) is 26.1 Å². The number of thiocarbonyl (C=S) groups is 1. The number of nitrogens with zero attached hydrogens (tertiary/aromatic N) is 2. The van der Waals surface area contributed by atoms with Gasteiger partial charge in [-0.2, -0.15) is 5.26 Å². The number of nitriles is 1. The smallest absolute Gasteiger partial charge is 0.137 e. The van der Waals surface area contributed by atoms with Gasteiger partial charge in [0, 0.05) is 11.3 Å². The molecular formula is C15H18N2OS. The van der Waals surface area contributed by atoms with Crippen LogP contribution in [0.4, 0.5) is 0 Å². The summed E-state index contributed by atoms with van der Waals surface area (Å²) in [5.74, 6) is 1.01. The fourth-order valence-electron chi connectivity index (χ4n) is 1.40. The van der Waals surface area contributed by atoms with Gasteiger partial charge in [0.2, 0.25) is 0 Å². The maximum absolute atomic E-state index is 9.16. The number of benzene rings is 1. The van der Waals surface area contributed by atoms with Gasteiger partial charge in [0.05, 0.1) is 12.2 Å². The monoisotopic (exact) mass is 274 g/mol. The molecule has 19 heavy (non-hydrogen) atoms. The van der Waals surface area contributed by atoms with Crippen LogP contribution in [-0.2, 0) is 0 Å². The first-order valence-electron chi connectivity index (χ1n) is 6.17. The molecule has 1 aromatic carbocycles. The molecule has 0 N–H and O–H groups in total. The summed E-state index contributed by atoms with van der Waals surface area (Å²) in [5.41, 5.74) is 2.15. The van der Waals surface area contributed by atoms with E-state index in [1.165, 1.54) is 0 Å². The summed E-state index contributed by atoms with van der Waals surface area (Å²) in [6.07, 6.45) is 0. The van der Waals surface area contributed by atoms with E-state index in [-0.39, 0.29) is 0 Å². The summed E-state index contributed by atoms with van der Waals surface area (Å²) in [6.45, 7) is 8.49. The molecule has 0 saturated carbocycles. The lowest BCUT2D eigenvalue weighted by atomic mass is 10.1. The Morgan fingerprint density at radius 2 is 2.11 bits per heavy atom. The van der Waals surface area contributed by atoms with Gasteiger partial charge in [-0.15, -0.1) is 0 Å². The molecule has 0 saturated heterocycles. The summed E-state index contributed by atoms with van der Waals surface area (Å²) < 4.78 is 5.60. The number of aliphatic imine (C=N–C) groups is 1. The summed E-state index contributed by atoms with van der Waals surface area (Å²) in [7, 11) is 0. The third-order valence-electron chi connectivity index (χ3n) is 2.24. The van der Waals surface area contributed by atoms with Crippen LogP contribution in [-0.4, -0.2) is 17.3 Å². The van der Waals surface area contributed by atoms with E-state index in [9.17, 15) is 0 Å². The zero-order valence-electron chi connectivity index (χ0n) is 11.7. The highest BCUT2D eigenvalue weighted by Crippen LogP contribution is 2.21. The second kappa shape index (κ2) is 7.01. The van der Waals surface area contributed by atoms with Crippen molar-refractivity contribution in [2.24, 2.45) is 10.9 Å². The molecule has 1 rings (SSSR count). The van der Waals surface area contributed by atoms with Crippen LogP contribution < -0.4 is 4.74 Å². The van der Waals surface area contributed by atoms with Crippen LogP contribution in [0.5, 0.6) is 5.75 Å². The predicted octanol–water partition coefficient (Wildman–Crippen LogP) is 3.75. The molecule has 0 atom stereocenters. The fourth-order valence-corrected chi connectivity index (χ4v) is 1.71. The summed E-state index contributed by atoms with van der Waals surface area (Å²) in [6, 6.07) is 7.48. The van der Waals surface area contributed by atoms with Crippen LogP contribution in [0.1, 0.15) is 38.8 Å². The van der Waals surface area contributed by atoms with Crippen molar-refractivity contribution in [1.82, 2.24) is 0 Å². The molecule has 0 radical (unpaired) electrons. The molecule has 0 spiro atoms. The Morgan fingerprint density at radius 3 is 2.63 bits per heavy atom. The van der Waals surface area contributed by atoms with Gasteiger partial charge in [0.25, 0.3) is 0 Å². The van der Waals surface area contributed by atoms with Crippen molar-refractivity contribution in [2.75, 3.05) is 6.61 Å². The van der Waals surface area contributed by atoms with Crippen LogP contribution >= 0.6 is 12.2 Å². The van der Waals surface area contributed by atoms with Crippen molar-refractivity contribution in [3.8, 4) is 11.8 Å². The average Bonchev–Trinajstić information content (AvgIpc) is 2.35. The zero-order chi connectivity index (χ0) is 14.4. The first-order valence-corrected chi connectivity index (χ1v) is 6.58. The quantitative estimate of drug-likeness (QED) is 0.620. The van der Waals surface area contributed by atoms with E-state index in [0.29, 0.717) is 28.8 Å². The Morgan fingerprint density at radius 1 is 1.42 bits per heavy atom. The molecule has 0 amide bonds. The zero-order valence-corrected chi connectivity index (χ0v) is 12.5. The molecular weight excluding hydrogens is 256 g/mol. The molecule has 4 heteroatoms. The first kappa shape index (κ1) is 15.3. The highest BCUT2D eigenvalue weighted by molar-refractivity contribution is 7.80. The number of hydrogen-bond donors (Lipinski definition) is 0. The van der Waals surface area contributed by atoms with Crippen molar-refractivity contribution in [3.63, 3.8) is 0 Å². The van der Waals surface area contributed by atoms with Crippen molar-refractivity contribution in [2.45, 2.75) is 27.7 Å². The summed E-state index contributed by atoms with van der Waals surface area (Å²) >= 11 is 5.22. The highest BCUT2D eigenvalue weighted by Gasteiger charge is 2.08. The van der Waals surface area contributed by atoms with Gasteiger partial charge in [-0.3, -0.25) is 0 Å². The first-order chi connectivity index (χ1) is 8.93. The Balaban J connectivity index is 3.00. The lowest BCUT2D eigenvalue weighted by Crippen LogP contribution is -2.06. The minimum absolute atomic E-state index is 0.416. The molecule has 0 unspecified atom stereocenters. The molecule has 1 aromatic rings. The normalized spacial score (nSPS) is 9.89. The van der Waals surface area contributed by atoms with Crippen LogP contribution in [0, 0.1) is 17.2 Å². The second-order valence-electron chi connectivity index (χ2n) is 4.89. The van der Waals surface area contributed by atoms with Crippen molar-refractivity contribution in [3.05, 3.63) is 29.3 Å². The highest BCUT2D eigenvalue weighted by atomic mass is 32.1. The molecule has 3 nitrogen and oxygen atoms in total. The van der Waals surface area contributed by atoms with Crippen molar-refractivity contribution >= 4 is 22.9 Å². The number of hydrogen-bond acceptors (Lipinski definition) is 3. The minimum Gasteiger partial charge on any atom is -0.492 e. The van der Waals surface area contributed by atoms with E-state index >= 15 is 0 Å². The Bertz CT molecular complexity index is 538. The maximum Gasteiger partial charge on any atom is 0.137 e. The number of ether oxygens (including phenoxy) is 1. The maximum atomic E-state index is 9.16. The lowest BCUT2D eigenvalue weighted by Gasteiger charge is -2.10. The fraction of sp³-hybridized carbons (Fsp3) is 0.400. The topological polar surface area (TPSA) is 45.4 Å². The van der Waals surface area contributed by atoms with E-state index in [1.54, 1.807) is 12.1 Å². The molecule has 100 valence electrons. The van der Waals surface area contributed by atoms with E-state index in [1.807, 2.05) is 19.9 Å². The van der Waals surface area contributed by atoms with Gasteiger partial charge in [0.1, 0.15) is 16.8 Å². The average molecular weight is 274 g/mol. The third-order valence-corrected chi connectivity index (χ3v) is 2.57. The molecule has 0 bridgehead atoms. The van der Waals surface area contributed by atoms with Crippen LogP contribution in [0.2, 0.25) is 0 Å². The van der Waals surface area contributed by atoms with Crippen molar-refractivity contribution < 1.29 is 4.74 Å². The second-order valence-corrected chi connectivity index (χ2v) is 5.28. The van der Waals surface area contributed by atoms with Crippen LogP contribution in [0.15, 0.2) is 23.2 Å². The van der Waals surface area contributed by atoms with E-state index in [4.69, 9.17) is 22.2 Å². The van der Waals surface area contributed by atoms with Crippen LogP contribution in [0.25, 0.3) is 0 Å². The molecule has 0 heterocycles. The van der Waals surface area contributed by atoms with Gasteiger partial charge in [0.15, 0.2) is 0 Å².